The molecule has 3 nitrogen and oxygen atoms in total. The van der Waals surface area contributed by atoms with Crippen LogP contribution < -0.4 is 0 Å². The number of amides is 2. The predicted molar refractivity (Wildman–Crippen MR) is 87.5 cm³/mol. The van der Waals surface area contributed by atoms with E-state index in [4.69, 9.17) is 0 Å². The maximum Gasteiger partial charge on any atom is 0.262 e. The van der Waals surface area contributed by atoms with Crippen LogP contribution in [0, 0.1) is 9.39 Å². The molecule has 2 aromatic rings. The smallest absolute Gasteiger partial charge is 0.262 e. The lowest BCUT2D eigenvalue weighted by atomic mass is 10.1. The van der Waals surface area contributed by atoms with E-state index in [-0.39, 0.29) is 24.2 Å². The molecule has 0 radical (unpaired) electrons. The van der Waals surface area contributed by atoms with Crippen LogP contribution in [0.15, 0.2) is 40.9 Å². The molecule has 0 N–H and O–H groups in total. The molecule has 0 saturated heterocycles. The molecule has 0 atom stereocenters. The Labute approximate surface area is 142 Å². The van der Waals surface area contributed by atoms with Crippen LogP contribution in [-0.2, 0) is 6.54 Å². The van der Waals surface area contributed by atoms with Crippen molar-refractivity contribution < 1.29 is 14.0 Å². The van der Waals surface area contributed by atoms with Crippen LogP contribution >= 0.6 is 38.5 Å². The molecule has 0 aliphatic carbocycles. The highest BCUT2D eigenvalue weighted by Gasteiger charge is 2.36. The van der Waals surface area contributed by atoms with Crippen LogP contribution in [-0.4, -0.2) is 16.7 Å². The lowest BCUT2D eigenvalue weighted by Crippen LogP contribution is -2.29. The summed E-state index contributed by atoms with van der Waals surface area (Å²) in [5, 5.41) is 0. The first kappa shape index (κ1) is 14.6. The number of rotatable bonds is 2. The lowest BCUT2D eigenvalue weighted by molar-refractivity contribution is 0.0642. The third-order valence-electron chi connectivity index (χ3n) is 3.27. The second-order valence-electron chi connectivity index (χ2n) is 4.61. The number of hydrogen-bond donors (Lipinski definition) is 0. The van der Waals surface area contributed by atoms with Gasteiger partial charge >= 0.3 is 0 Å². The standard InChI is InChI=1S/C15H8BrFINO2/c16-10-6-8(4-5-11(10)17)7-19-14(20)9-2-1-3-12(18)13(9)15(19)21/h1-6H,7H2. The summed E-state index contributed by atoms with van der Waals surface area (Å²) in [6.45, 7) is 0.126. The number of carbonyl (C=O) groups excluding carboxylic acids is 2. The highest BCUT2D eigenvalue weighted by Crippen LogP contribution is 2.28. The summed E-state index contributed by atoms with van der Waals surface area (Å²) in [7, 11) is 0. The molecule has 0 unspecified atom stereocenters. The molecule has 21 heavy (non-hydrogen) atoms. The monoisotopic (exact) mass is 459 g/mol. The molecule has 0 saturated carbocycles. The topological polar surface area (TPSA) is 37.4 Å². The summed E-state index contributed by atoms with van der Waals surface area (Å²) in [4.78, 5) is 25.9. The van der Waals surface area contributed by atoms with E-state index in [1.807, 2.05) is 22.6 Å². The Bertz CT molecular complexity index is 778. The van der Waals surface area contributed by atoms with Gasteiger partial charge in [0.25, 0.3) is 11.8 Å². The van der Waals surface area contributed by atoms with Crippen molar-refractivity contribution in [2.24, 2.45) is 0 Å². The van der Waals surface area contributed by atoms with E-state index in [9.17, 15) is 14.0 Å². The normalized spacial score (nSPS) is 13.8. The van der Waals surface area contributed by atoms with Gasteiger partial charge in [-0.05, 0) is 68.3 Å². The van der Waals surface area contributed by atoms with Gasteiger partial charge in [-0.2, -0.15) is 0 Å². The number of imide groups is 1. The second-order valence-corrected chi connectivity index (χ2v) is 6.62. The zero-order chi connectivity index (χ0) is 15.1. The molecule has 1 aliphatic heterocycles. The Hall–Kier alpha value is -1.28. The minimum absolute atomic E-state index is 0.126. The van der Waals surface area contributed by atoms with Crippen LogP contribution in [0.4, 0.5) is 4.39 Å². The summed E-state index contributed by atoms with van der Waals surface area (Å²) in [5.74, 6) is -0.995. The van der Waals surface area contributed by atoms with Crippen molar-refractivity contribution in [1.82, 2.24) is 4.90 Å². The fourth-order valence-corrected chi connectivity index (χ4v) is 3.41. The average molecular weight is 460 g/mol. The van der Waals surface area contributed by atoms with Gasteiger partial charge in [0.1, 0.15) is 5.82 Å². The molecular weight excluding hydrogens is 452 g/mol. The lowest BCUT2D eigenvalue weighted by Gasteiger charge is -2.14. The van der Waals surface area contributed by atoms with Crippen molar-refractivity contribution in [2.75, 3.05) is 0 Å². The number of halogens is 3. The summed E-state index contributed by atoms with van der Waals surface area (Å²) in [6, 6.07) is 9.64. The number of nitrogens with zero attached hydrogens (tertiary/aromatic N) is 1. The Balaban J connectivity index is 1.95. The minimum atomic E-state index is -0.379. The quantitative estimate of drug-likeness (QED) is 0.503. The van der Waals surface area contributed by atoms with Gasteiger partial charge in [-0.1, -0.05) is 12.1 Å². The minimum Gasteiger partial charge on any atom is -0.270 e. The first-order valence-corrected chi connectivity index (χ1v) is 7.95. The first-order chi connectivity index (χ1) is 9.99. The molecule has 106 valence electrons. The molecule has 1 heterocycles. The molecule has 2 amide bonds. The van der Waals surface area contributed by atoms with Crippen molar-refractivity contribution in [1.29, 1.82) is 0 Å². The zero-order valence-electron chi connectivity index (χ0n) is 10.6. The molecule has 1 aliphatic rings. The Kier molecular flexibility index (Phi) is 3.83. The molecular formula is C15H8BrFINO2. The van der Waals surface area contributed by atoms with Crippen molar-refractivity contribution in [2.45, 2.75) is 6.54 Å². The molecule has 0 aromatic heterocycles. The van der Waals surface area contributed by atoms with Crippen LogP contribution in [0.2, 0.25) is 0 Å². The van der Waals surface area contributed by atoms with Gasteiger partial charge in [0, 0.05) is 3.57 Å². The fourth-order valence-electron chi connectivity index (χ4n) is 2.26. The van der Waals surface area contributed by atoms with Crippen molar-refractivity contribution in [3.63, 3.8) is 0 Å². The number of carbonyl (C=O) groups is 2. The molecule has 6 heteroatoms. The van der Waals surface area contributed by atoms with Gasteiger partial charge in [0.05, 0.1) is 22.1 Å². The van der Waals surface area contributed by atoms with E-state index in [0.717, 1.165) is 3.57 Å². The number of fused-ring (bicyclic) bond motifs is 1. The Morgan fingerprint density at radius 1 is 1.14 bits per heavy atom. The van der Waals surface area contributed by atoms with Crippen LogP contribution in [0.5, 0.6) is 0 Å². The summed E-state index contributed by atoms with van der Waals surface area (Å²) in [6.07, 6.45) is 0. The van der Waals surface area contributed by atoms with E-state index in [2.05, 4.69) is 15.9 Å². The molecule has 2 aromatic carbocycles. The van der Waals surface area contributed by atoms with Crippen molar-refractivity contribution in [3.05, 3.63) is 66.9 Å². The largest absolute Gasteiger partial charge is 0.270 e. The maximum atomic E-state index is 13.2. The summed E-state index contributed by atoms with van der Waals surface area (Å²) < 4.78 is 14.3. The first-order valence-electron chi connectivity index (χ1n) is 6.07. The average Bonchev–Trinajstić information content (AvgIpc) is 2.69. The van der Waals surface area contributed by atoms with Gasteiger partial charge < -0.3 is 0 Å². The molecule has 3 rings (SSSR count). The van der Waals surface area contributed by atoms with E-state index in [1.54, 1.807) is 30.3 Å². The third-order valence-corrected chi connectivity index (χ3v) is 4.78. The van der Waals surface area contributed by atoms with Crippen LogP contribution in [0.1, 0.15) is 26.3 Å². The van der Waals surface area contributed by atoms with Gasteiger partial charge in [0.15, 0.2) is 0 Å². The van der Waals surface area contributed by atoms with E-state index in [0.29, 0.717) is 21.2 Å². The van der Waals surface area contributed by atoms with Crippen molar-refractivity contribution in [3.8, 4) is 0 Å². The molecule has 0 spiro atoms. The fraction of sp³-hybridized carbons (Fsp3) is 0.0667. The van der Waals surface area contributed by atoms with Gasteiger partial charge in [-0.25, -0.2) is 4.39 Å². The predicted octanol–water partition coefficient (Wildman–Crippen LogP) is 3.99. The second kappa shape index (κ2) is 5.49. The highest BCUT2D eigenvalue weighted by atomic mass is 127. The van der Waals surface area contributed by atoms with Crippen LogP contribution in [0.3, 0.4) is 0 Å². The van der Waals surface area contributed by atoms with E-state index < -0.39 is 0 Å². The zero-order valence-corrected chi connectivity index (χ0v) is 14.3. The Morgan fingerprint density at radius 2 is 1.90 bits per heavy atom. The van der Waals surface area contributed by atoms with Crippen LogP contribution in [0.25, 0.3) is 0 Å². The SMILES string of the molecule is O=C1c2cccc(I)c2C(=O)N1Cc1ccc(F)c(Br)c1. The molecule has 0 fully saturated rings. The maximum absolute atomic E-state index is 13.2. The summed E-state index contributed by atoms with van der Waals surface area (Å²) in [5.41, 5.74) is 1.56. The number of benzene rings is 2. The number of hydrogen-bond acceptors (Lipinski definition) is 2. The van der Waals surface area contributed by atoms with Gasteiger partial charge in [0.2, 0.25) is 0 Å². The van der Waals surface area contributed by atoms with Gasteiger partial charge in [-0.15, -0.1) is 0 Å². The van der Waals surface area contributed by atoms with E-state index >= 15 is 0 Å². The van der Waals surface area contributed by atoms with Crippen molar-refractivity contribution >= 4 is 50.3 Å². The van der Waals surface area contributed by atoms with E-state index in [1.165, 1.54) is 11.0 Å². The highest BCUT2D eigenvalue weighted by molar-refractivity contribution is 14.1. The Morgan fingerprint density at radius 3 is 2.57 bits per heavy atom. The molecule has 0 bridgehead atoms. The summed E-state index contributed by atoms with van der Waals surface area (Å²) >= 11 is 5.15. The van der Waals surface area contributed by atoms with Gasteiger partial charge in [-0.3, -0.25) is 14.5 Å². The third kappa shape index (κ3) is 2.50.